The molecule has 0 spiro atoms. The molecular formula is C10H5ClF6O. The Morgan fingerprint density at radius 3 is 1.83 bits per heavy atom. The predicted octanol–water partition coefficient (Wildman–Crippen LogP) is 4.26. The van der Waals surface area contributed by atoms with Crippen molar-refractivity contribution >= 4 is 17.4 Å². The van der Waals surface area contributed by atoms with Gasteiger partial charge in [0, 0.05) is 5.56 Å². The number of rotatable bonds is 2. The van der Waals surface area contributed by atoms with E-state index in [1.807, 2.05) is 0 Å². The molecule has 100 valence electrons. The fourth-order valence-electron chi connectivity index (χ4n) is 1.30. The van der Waals surface area contributed by atoms with Crippen LogP contribution >= 0.6 is 11.6 Å². The van der Waals surface area contributed by atoms with Gasteiger partial charge < -0.3 is 0 Å². The lowest BCUT2D eigenvalue weighted by Gasteiger charge is -2.22. The van der Waals surface area contributed by atoms with E-state index in [1.54, 1.807) is 0 Å². The number of carbonyl (C=O) groups excluding carboxylic acids is 1. The zero-order valence-corrected chi connectivity index (χ0v) is 9.20. The maximum atomic E-state index is 12.3. The fourth-order valence-corrected chi connectivity index (χ4v) is 1.53. The third kappa shape index (κ3) is 3.16. The third-order valence-electron chi connectivity index (χ3n) is 2.06. The second-order valence-corrected chi connectivity index (χ2v) is 3.77. The Bertz CT molecular complexity index is 436. The van der Waals surface area contributed by atoms with Crippen molar-refractivity contribution in [3.8, 4) is 0 Å². The lowest BCUT2D eigenvalue weighted by Crippen LogP contribution is -2.42. The van der Waals surface area contributed by atoms with Crippen molar-refractivity contribution in [2.24, 2.45) is 5.92 Å². The minimum Gasteiger partial charge on any atom is -0.293 e. The number of ketones is 1. The summed E-state index contributed by atoms with van der Waals surface area (Å²) in [5, 5.41) is -0.457. The first kappa shape index (κ1) is 14.8. The van der Waals surface area contributed by atoms with Crippen LogP contribution in [0.1, 0.15) is 10.4 Å². The Hall–Kier alpha value is -1.24. The third-order valence-corrected chi connectivity index (χ3v) is 2.39. The number of alkyl halides is 6. The average molecular weight is 291 g/mol. The fraction of sp³-hybridized carbons (Fsp3) is 0.300. The molecule has 1 nitrogen and oxygen atoms in total. The maximum Gasteiger partial charge on any atom is 0.407 e. The molecule has 0 N–H and O–H groups in total. The van der Waals surface area contributed by atoms with Crippen molar-refractivity contribution in [2.45, 2.75) is 12.4 Å². The SMILES string of the molecule is O=C(c1ccccc1Cl)C(C(F)(F)F)C(F)(F)F. The molecule has 0 fully saturated rings. The van der Waals surface area contributed by atoms with E-state index >= 15 is 0 Å². The van der Waals surface area contributed by atoms with Gasteiger partial charge >= 0.3 is 12.4 Å². The molecule has 0 aliphatic rings. The Labute approximate surface area is 102 Å². The van der Waals surface area contributed by atoms with E-state index in [1.165, 1.54) is 6.07 Å². The van der Waals surface area contributed by atoms with Crippen molar-refractivity contribution in [3.05, 3.63) is 34.9 Å². The number of halogens is 7. The van der Waals surface area contributed by atoms with Gasteiger partial charge in [0.25, 0.3) is 0 Å². The topological polar surface area (TPSA) is 17.1 Å². The highest BCUT2D eigenvalue weighted by molar-refractivity contribution is 6.34. The second kappa shape index (κ2) is 4.79. The van der Waals surface area contributed by atoms with Crippen LogP contribution in [0.15, 0.2) is 24.3 Å². The molecule has 0 amide bonds. The van der Waals surface area contributed by atoms with Crippen molar-refractivity contribution in [1.82, 2.24) is 0 Å². The number of benzene rings is 1. The monoisotopic (exact) mass is 290 g/mol. The molecule has 0 radical (unpaired) electrons. The van der Waals surface area contributed by atoms with Crippen LogP contribution in [0.5, 0.6) is 0 Å². The van der Waals surface area contributed by atoms with Gasteiger partial charge in [0.1, 0.15) is 0 Å². The average Bonchev–Trinajstić information content (AvgIpc) is 2.13. The van der Waals surface area contributed by atoms with Crippen LogP contribution in [-0.2, 0) is 0 Å². The van der Waals surface area contributed by atoms with Crippen LogP contribution in [0.2, 0.25) is 5.02 Å². The van der Waals surface area contributed by atoms with Crippen molar-refractivity contribution < 1.29 is 31.1 Å². The van der Waals surface area contributed by atoms with Crippen LogP contribution in [0, 0.1) is 5.92 Å². The Balaban J connectivity index is 3.25. The molecule has 0 bridgehead atoms. The van der Waals surface area contributed by atoms with E-state index in [4.69, 9.17) is 11.6 Å². The first-order valence-electron chi connectivity index (χ1n) is 4.47. The van der Waals surface area contributed by atoms with Gasteiger partial charge in [-0.3, -0.25) is 4.79 Å². The predicted molar refractivity (Wildman–Crippen MR) is 51.4 cm³/mol. The van der Waals surface area contributed by atoms with Gasteiger partial charge in [-0.05, 0) is 12.1 Å². The lowest BCUT2D eigenvalue weighted by molar-refractivity contribution is -0.264. The van der Waals surface area contributed by atoms with Gasteiger partial charge in [0.15, 0.2) is 5.78 Å². The molecule has 0 atom stereocenters. The van der Waals surface area contributed by atoms with E-state index in [0.717, 1.165) is 18.2 Å². The standard InChI is InChI=1S/C10H5ClF6O/c11-6-4-2-1-3-5(6)7(18)8(9(12,13)14)10(15,16)17/h1-4,8H. The number of carbonyl (C=O) groups is 1. The van der Waals surface area contributed by atoms with Gasteiger partial charge in [0.05, 0.1) is 5.02 Å². The molecule has 0 aromatic heterocycles. The molecule has 0 saturated carbocycles. The lowest BCUT2D eigenvalue weighted by atomic mass is 9.96. The normalized spacial score (nSPS) is 12.9. The van der Waals surface area contributed by atoms with Crippen molar-refractivity contribution in [1.29, 1.82) is 0 Å². The number of hydrogen-bond acceptors (Lipinski definition) is 1. The van der Waals surface area contributed by atoms with Crippen LogP contribution in [0.25, 0.3) is 0 Å². The molecule has 0 unspecified atom stereocenters. The van der Waals surface area contributed by atoms with Gasteiger partial charge in [-0.1, -0.05) is 23.7 Å². The van der Waals surface area contributed by atoms with Gasteiger partial charge in [-0.2, -0.15) is 26.3 Å². The summed E-state index contributed by atoms with van der Waals surface area (Å²) in [6.07, 6.45) is -11.4. The number of hydrogen-bond donors (Lipinski definition) is 0. The molecule has 1 aromatic rings. The van der Waals surface area contributed by atoms with Crippen LogP contribution in [0.3, 0.4) is 0 Å². The highest BCUT2D eigenvalue weighted by Gasteiger charge is 2.61. The van der Waals surface area contributed by atoms with E-state index in [2.05, 4.69) is 0 Å². The number of Topliss-reactive ketones (excluding diaryl/α,β-unsaturated/α-hetero) is 1. The highest BCUT2D eigenvalue weighted by atomic mass is 35.5. The largest absolute Gasteiger partial charge is 0.407 e. The van der Waals surface area contributed by atoms with E-state index in [0.29, 0.717) is 0 Å². The molecule has 0 heterocycles. The summed E-state index contributed by atoms with van der Waals surface area (Å²) in [5.41, 5.74) is -0.807. The Morgan fingerprint density at radius 2 is 1.44 bits per heavy atom. The van der Waals surface area contributed by atoms with Crippen LogP contribution < -0.4 is 0 Å². The molecule has 1 rings (SSSR count). The summed E-state index contributed by atoms with van der Waals surface area (Å²) < 4.78 is 73.8. The Morgan fingerprint density at radius 1 is 1.00 bits per heavy atom. The van der Waals surface area contributed by atoms with Crippen LogP contribution in [0.4, 0.5) is 26.3 Å². The first-order chi connectivity index (χ1) is 8.05. The minimum atomic E-state index is -5.71. The smallest absolute Gasteiger partial charge is 0.293 e. The summed E-state index contributed by atoms with van der Waals surface area (Å²) in [7, 11) is 0. The zero-order chi connectivity index (χ0) is 14.1. The summed E-state index contributed by atoms with van der Waals surface area (Å²) in [6, 6.07) is 4.27. The zero-order valence-electron chi connectivity index (χ0n) is 8.44. The van der Waals surface area contributed by atoms with Gasteiger partial charge in [-0.25, -0.2) is 0 Å². The molecule has 1 aromatic carbocycles. The van der Waals surface area contributed by atoms with Gasteiger partial charge in [0.2, 0.25) is 5.92 Å². The summed E-state index contributed by atoms with van der Waals surface area (Å²) in [4.78, 5) is 11.3. The molecule has 0 aliphatic carbocycles. The molecule has 18 heavy (non-hydrogen) atoms. The van der Waals surface area contributed by atoms with Crippen molar-refractivity contribution in [3.63, 3.8) is 0 Å². The summed E-state index contributed by atoms with van der Waals surface area (Å²) in [5.74, 6) is -6.18. The molecular weight excluding hydrogens is 286 g/mol. The first-order valence-corrected chi connectivity index (χ1v) is 4.85. The summed E-state index contributed by atoms with van der Waals surface area (Å²) >= 11 is 5.41. The highest BCUT2D eigenvalue weighted by Crippen LogP contribution is 2.41. The van der Waals surface area contributed by atoms with E-state index < -0.39 is 34.6 Å². The second-order valence-electron chi connectivity index (χ2n) is 3.36. The van der Waals surface area contributed by atoms with Gasteiger partial charge in [-0.15, -0.1) is 0 Å². The maximum absolute atomic E-state index is 12.3. The Kier molecular flexibility index (Phi) is 3.95. The van der Waals surface area contributed by atoms with Crippen molar-refractivity contribution in [2.75, 3.05) is 0 Å². The molecule has 0 saturated heterocycles. The molecule has 8 heteroatoms. The van der Waals surface area contributed by atoms with E-state index in [9.17, 15) is 31.1 Å². The summed E-state index contributed by atoms with van der Waals surface area (Å²) in [6.45, 7) is 0. The quantitative estimate of drug-likeness (QED) is 0.587. The molecule has 0 aliphatic heterocycles. The van der Waals surface area contributed by atoms with E-state index in [-0.39, 0.29) is 0 Å². The van der Waals surface area contributed by atoms with Crippen LogP contribution in [-0.4, -0.2) is 18.1 Å². The minimum absolute atomic E-state index is 0.457.